The highest BCUT2D eigenvalue weighted by molar-refractivity contribution is 7.99. The number of carbonyl (C=O) groups is 1. The fraction of sp³-hybridized carbons (Fsp3) is 0.238. The highest BCUT2D eigenvalue weighted by Crippen LogP contribution is 2.28. The van der Waals surface area contributed by atoms with Gasteiger partial charge in [0.15, 0.2) is 0 Å². The number of methoxy groups -OCH3 is 1. The maximum Gasteiger partial charge on any atom is 0.234 e. The van der Waals surface area contributed by atoms with Crippen LogP contribution in [0.25, 0.3) is 10.9 Å². The number of fused-ring (bicyclic) bond motifs is 1. The quantitative estimate of drug-likeness (QED) is 0.653. The second kappa shape index (κ2) is 7.79. The van der Waals surface area contributed by atoms with Crippen molar-refractivity contribution >= 4 is 34.3 Å². The fourth-order valence-electron chi connectivity index (χ4n) is 2.82. The Bertz CT molecular complexity index is 970. The number of thioether (sulfide) groups is 1. The molecule has 2 aromatic carbocycles. The van der Waals surface area contributed by atoms with Gasteiger partial charge >= 0.3 is 0 Å². The van der Waals surface area contributed by atoms with Crippen LogP contribution in [0.2, 0.25) is 0 Å². The molecule has 0 saturated heterocycles. The minimum atomic E-state index is -0.0833. The number of amides is 1. The zero-order chi connectivity index (χ0) is 18.7. The number of rotatable bonds is 5. The van der Waals surface area contributed by atoms with Crippen LogP contribution in [-0.4, -0.2) is 23.8 Å². The molecule has 3 aromatic rings. The molecule has 134 valence electrons. The van der Waals surface area contributed by atoms with Crippen molar-refractivity contribution in [2.75, 3.05) is 18.2 Å². The molecule has 0 aliphatic rings. The highest BCUT2D eigenvalue weighted by Gasteiger charge is 2.11. The lowest BCUT2D eigenvalue weighted by Crippen LogP contribution is -2.14. The molecule has 0 bridgehead atoms. The van der Waals surface area contributed by atoms with E-state index in [4.69, 9.17) is 9.72 Å². The van der Waals surface area contributed by atoms with E-state index in [0.717, 1.165) is 15.9 Å². The molecule has 26 heavy (non-hydrogen) atoms. The van der Waals surface area contributed by atoms with E-state index in [1.807, 2.05) is 30.3 Å². The minimum absolute atomic E-state index is 0.0833. The first-order valence-electron chi connectivity index (χ1n) is 8.43. The standard InChI is InChI=1S/C21H22N2O2S/c1-13-9-10-16-14(2)11-20(23-21(16)15(13)3)26-12-19(24)22-17-7-5-6-8-18(17)25-4/h5-11H,12H2,1-4H3,(H,22,24). The Morgan fingerprint density at radius 1 is 1.12 bits per heavy atom. The van der Waals surface area contributed by atoms with Crippen LogP contribution >= 0.6 is 11.8 Å². The van der Waals surface area contributed by atoms with Crippen LogP contribution in [0, 0.1) is 20.8 Å². The van der Waals surface area contributed by atoms with Crippen molar-refractivity contribution in [2.24, 2.45) is 0 Å². The van der Waals surface area contributed by atoms with Gasteiger partial charge in [0.25, 0.3) is 0 Å². The van der Waals surface area contributed by atoms with Crippen LogP contribution in [-0.2, 0) is 4.79 Å². The number of anilines is 1. The molecule has 0 fully saturated rings. The lowest BCUT2D eigenvalue weighted by molar-refractivity contribution is -0.113. The third kappa shape index (κ3) is 3.83. The number of ether oxygens (including phenoxy) is 1. The summed E-state index contributed by atoms with van der Waals surface area (Å²) < 4.78 is 5.26. The topological polar surface area (TPSA) is 51.2 Å². The number of benzene rings is 2. The first-order chi connectivity index (χ1) is 12.5. The van der Waals surface area contributed by atoms with Crippen molar-refractivity contribution in [1.82, 2.24) is 4.98 Å². The summed E-state index contributed by atoms with van der Waals surface area (Å²) in [5.74, 6) is 0.859. The second-order valence-corrected chi connectivity index (χ2v) is 7.21. The van der Waals surface area contributed by atoms with Crippen molar-refractivity contribution in [3.05, 3.63) is 59.2 Å². The van der Waals surface area contributed by atoms with Crippen molar-refractivity contribution in [1.29, 1.82) is 0 Å². The van der Waals surface area contributed by atoms with Gasteiger partial charge in [0.05, 0.1) is 29.1 Å². The Morgan fingerprint density at radius 2 is 1.88 bits per heavy atom. The lowest BCUT2D eigenvalue weighted by atomic mass is 10.0. The number of nitrogens with one attached hydrogen (secondary N) is 1. The normalized spacial score (nSPS) is 10.8. The number of hydrogen-bond acceptors (Lipinski definition) is 4. The van der Waals surface area contributed by atoms with E-state index in [1.165, 1.54) is 28.5 Å². The fourth-order valence-corrected chi connectivity index (χ4v) is 3.58. The summed E-state index contributed by atoms with van der Waals surface area (Å²) in [5.41, 5.74) is 5.27. The van der Waals surface area contributed by atoms with Gasteiger partial charge in [-0.15, -0.1) is 0 Å². The third-order valence-corrected chi connectivity index (χ3v) is 5.33. The van der Waals surface area contributed by atoms with Crippen molar-refractivity contribution in [2.45, 2.75) is 25.8 Å². The predicted molar refractivity (Wildman–Crippen MR) is 108 cm³/mol. The Morgan fingerprint density at radius 3 is 2.65 bits per heavy atom. The maximum absolute atomic E-state index is 12.3. The van der Waals surface area contributed by atoms with Crippen LogP contribution in [0.1, 0.15) is 16.7 Å². The molecule has 0 radical (unpaired) electrons. The maximum atomic E-state index is 12.3. The number of para-hydroxylation sites is 2. The largest absolute Gasteiger partial charge is 0.495 e. The van der Waals surface area contributed by atoms with E-state index in [0.29, 0.717) is 17.2 Å². The van der Waals surface area contributed by atoms with Gasteiger partial charge < -0.3 is 10.1 Å². The van der Waals surface area contributed by atoms with Gasteiger partial charge in [-0.05, 0) is 55.7 Å². The summed E-state index contributed by atoms with van der Waals surface area (Å²) in [6, 6.07) is 13.7. The Balaban J connectivity index is 1.75. The first kappa shape index (κ1) is 18.3. The smallest absolute Gasteiger partial charge is 0.234 e. The SMILES string of the molecule is COc1ccccc1NC(=O)CSc1cc(C)c2ccc(C)c(C)c2n1. The molecule has 1 aromatic heterocycles. The van der Waals surface area contributed by atoms with Crippen LogP contribution in [0.3, 0.4) is 0 Å². The zero-order valence-electron chi connectivity index (χ0n) is 15.4. The van der Waals surface area contributed by atoms with Gasteiger partial charge in [0.1, 0.15) is 5.75 Å². The van der Waals surface area contributed by atoms with E-state index < -0.39 is 0 Å². The van der Waals surface area contributed by atoms with Crippen molar-refractivity contribution < 1.29 is 9.53 Å². The summed E-state index contributed by atoms with van der Waals surface area (Å²) in [4.78, 5) is 17.1. The molecule has 1 amide bonds. The molecule has 3 rings (SSSR count). The Hall–Kier alpha value is -2.53. The van der Waals surface area contributed by atoms with E-state index in [2.05, 4.69) is 38.2 Å². The summed E-state index contributed by atoms with van der Waals surface area (Å²) in [6.45, 7) is 6.26. The molecule has 1 N–H and O–H groups in total. The molecule has 0 saturated carbocycles. The van der Waals surface area contributed by atoms with Gasteiger partial charge in [0, 0.05) is 5.39 Å². The van der Waals surface area contributed by atoms with Crippen molar-refractivity contribution in [3.63, 3.8) is 0 Å². The number of carbonyl (C=O) groups excluding carboxylic acids is 1. The van der Waals surface area contributed by atoms with Gasteiger partial charge in [-0.1, -0.05) is 36.0 Å². The summed E-state index contributed by atoms with van der Waals surface area (Å²) >= 11 is 1.44. The van der Waals surface area contributed by atoms with E-state index >= 15 is 0 Å². The second-order valence-electron chi connectivity index (χ2n) is 6.22. The van der Waals surface area contributed by atoms with Crippen LogP contribution in [0.5, 0.6) is 5.75 Å². The monoisotopic (exact) mass is 366 g/mol. The van der Waals surface area contributed by atoms with Crippen LogP contribution in [0.15, 0.2) is 47.5 Å². The molecule has 0 aliphatic carbocycles. The Kier molecular flexibility index (Phi) is 5.47. The molecular weight excluding hydrogens is 344 g/mol. The van der Waals surface area contributed by atoms with E-state index in [-0.39, 0.29) is 5.91 Å². The lowest BCUT2D eigenvalue weighted by Gasteiger charge is -2.11. The Labute approximate surface area is 158 Å². The van der Waals surface area contributed by atoms with E-state index in [1.54, 1.807) is 7.11 Å². The third-order valence-electron chi connectivity index (χ3n) is 4.42. The number of hydrogen-bond donors (Lipinski definition) is 1. The molecule has 4 nitrogen and oxygen atoms in total. The zero-order valence-corrected chi connectivity index (χ0v) is 16.2. The molecule has 5 heteroatoms. The highest BCUT2D eigenvalue weighted by atomic mass is 32.2. The van der Waals surface area contributed by atoms with Crippen molar-refractivity contribution in [3.8, 4) is 5.75 Å². The van der Waals surface area contributed by atoms with E-state index in [9.17, 15) is 4.79 Å². The molecule has 0 spiro atoms. The molecule has 1 heterocycles. The summed E-state index contributed by atoms with van der Waals surface area (Å²) in [7, 11) is 1.59. The molecule has 0 aliphatic heterocycles. The number of aryl methyl sites for hydroxylation is 3. The molecule has 0 unspecified atom stereocenters. The molecule has 0 atom stereocenters. The van der Waals surface area contributed by atoms with Crippen LogP contribution < -0.4 is 10.1 Å². The van der Waals surface area contributed by atoms with Gasteiger partial charge in [-0.2, -0.15) is 0 Å². The number of nitrogens with zero attached hydrogens (tertiary/aromatic N) is 1. The number of pyridine rings is 1. The average Bonchev–Trinajstić information content (AvgIpc) is 2.64. The van der Waals surface area contributed by atoms with Gasteiger partial charge in [-0.3, -0.25) is 4.79 Å². The average molecular weight is 366 g/mol. The van der Waals surface area contributed by atoms with Crippen LogP contribution in [0.4, 0.5) is 5.69 Å². The van der Waals surface area contributed by atoms with Gasteiger partial charge in [0.2, 0.25) is 5.91 Å². The minimum Gasteiger partial charge on any atom is -0.495 e. The van der Waals surface area contributed by atoms with Gasteiger partial charge in [-0.25, -0.2) is 4.98 Å². The number of aromatic nitrogens is 1. The summed E-state index contributed by atoms with van der Waals surface area (Å²) in [5, 5.41) is 4.91. The first-order valence-corrected chi connectivity index (χ1v) is 9.41. The molecular formula is C21H22N2O2S. The summed E-state index contributed by atoms with van der Waals surface area (Å²) in [6.07, 6.45) is 0. The predicted octanol–water partition coefficient (Wildman–Crippen LogP) is 4.90.